The summed E-state index contributed by atoms with van der Waals surface area (Å²) in [6.45, 7) is 15.1. The summed E-state index contributed by atoms with van der Waals surface area (Å²) >= 11 is 0. The highest BCUT2D eigenvalue weighted by Gasteiger charge is 2.47. The molecule has 24 heteroatoms. The molecule has 4 heterocycles. The van der Waals surface area contributed by atoms with E-state index in [0.717, 1.165) is 25.7 Å². The first-order valence-corrected chi connectivity index (χ1v) is 30.6. The zero-order chi connectivity index (χ0) is 64.3. The lowest BCUT2D eigenvalue weighted by atomic mass is 9.84. The van der Waals surface area contributed by atoms with Gasteiger partial charge in [0.2, 0.25) is 0 Å². The molecule has 0 radical (unpaired) electrons. The molecule has 5 atom stereocenters. The molecule has 24 nitrogen and oxygen atoms in total. The maximum Gasteiger partial charge on any atom is 0.328 e. The summed E-state index contributed by atoms with van der Waals surface area (Å²) < 4.78 is 75.9. The van der Waals surface area contributed by atoms with Crippen molar-refractivity contribution in [1.82, 2.24) is 9.80 Å². The standard InChI is InChI=1S/C65H96N2O22/c1-44(2)14-9-16-46(5)18-11-21-64(7)57(71)30-50-55(69)28-48-52(59(50)88-64)32-66(61(48)73)23-13-20-54(63(75)87-27-26-77-35-79-37-81-39-83-41-85-43-86-42-84-40-82-38-80-36-78-34-76-25-24-68)67-33-53-49(62(67)74)29-56(70)51-31-58(72)65(8,89-60(51)53)22-12-19-47(6)17-10-15-45(3)4/h14-15,18-19,28-29,54,57-58,68-72H,9-13,16-17,20-27,30-43H2,1-8H3/b46-18+,47-19+/t54-,57-,58-,64+,65+/m0/s1. The minimum atomic E-state index is -1.16. The molecule has 0 fully saturated rings. The van der Waals surface area contributed by atoms with Crippen molar-refractivity contribution in [2.24, 2.45) is 0 Å². The van der Waals surface area contributed by atoms with Crippen molar-refractivity contribution in [3.05, 3.63) is 92.1 Å². The van der Waals surface area contributed by atoms with Gasteiger partial charge in [-0.3, -0.25) is 9.59 Å². The van der Waals surface area contributed by atoms with E-state index >= 15 is 0 Å². The zero-order valence-electron chi connectivity index (χ0n) is 53.3. The Morgan fingerprint density at radius 2 is 0.989 bits per heavy atom. The minimum absolute atomic E-state index is 0.00900. The Labute approximate surface area is 523 Å². The summed E-state index contributed by atoms with van der Waals surface area (Å²) in [7, 11) is 0. The molecule has 0 unspecified atom stereocenters. The number of phenols is 2. The number of aliphatic hydroxyl groups excluding tert-OH is 3. The second-order valence-corrected chi connectivity index (χ2v) is 23.6. The van der Waals surface area contributed by atoms with Crippen LogP contribution >= 0.6 is 0 Å². The molecule has 0 bridgehead atoms. The fourth-order valence-electron chi connectivity index (χ4n) is 10.8. The van der Waals surface area contributed by atoms with Gasteiger partial charge < -0.3 is 102 Å². The van der Waals surface area contributed by atoms with Gasteiger partial charge in [-0.05, 0) is 132 Å². The van der Waals surface area contributed by atoms with Crippen LogP contribution in [0.25, 0.3) is 0 Å². The van der Waals surface area contributed by atoms with Crippen LogP contribution in [-0.4, -0.2) is 183 Å². The van der Waals surface area contributed by atoms with Crippen LogP contribution in [0, 0.1) is 0 Å². The van der Waals surface area contributed by atoms with Gasteiger partial charge in [0, 0.05) is 41.6 Å². The Balaban J connectivity index is 1.02. The van der Waals surface area contributed by atoms with E-state index in [1.807, 2.05) is 13.8 Å². The molecule has 0 saturated heterocycles. The number of hydrogen-bond acceptors (Lipinski definition) is 22. The average molecular weight is 1260 g/mol. The highest BCUT2D eigenvalue weighted by molar-refractivity contribution is 6.02. The van der Waals surface area contributed by atoms with Gasteiger partial charge in [0.1, 0.15) is 60.4 Å². The fourth-order valence-corrected chi connectivity index (χ4v) is 10.8. The smallest absolute Gasteiger partial charge is 0.328 e. The van der Waals surface area contributed by atoms with Gasteiger partial charge in [-0.25, -0.2) is 4.79 Å². The first-order chi connectivity index (χ1) is 42.8. The topological polar surface area (TPSA) is 288 Å². The van der Waals surface area contributed by atoms with Crippen LogP contribution in [0.5, 0.6) is 23.0 Å². The number of esters is 1. The van der Waals surface area contributed by atoms with E-state index in [4.69, 9.17) is 71.4 Å². The van der Waals surface area contributed by atoms with Crippen LogP contribution in [0.3, 0.4) is 0 Å². The molecule has 5 N–H and O–H groups in total. The third-order valence-corrected chi connectivity index (χ3v) is 15.9. The van der Waals surface area contributed by atoms with Gasteiger partial charge in [0.15, 0.2) is 54.3 Å². The lowest BCUT2D eigenvalue weighted by molar-refractivity contribution is -0.232. The number of nitrogens with zero attached hydrogens (tertiary/aromatic N) is 2. The Morgan fingerprint density at radius 1 is 0.573 bits per heavy atom. The number of amides is 2. The number of rotatable bonds is 43. The summed E-state index contributed by atoms with van der Waals surface area (Å²) in [5.74, 6) is -1.21. The first-order valence-electron chi connectivity index (χ1n) is 30.6. The first kappa shape index (κ1) is 72.5. The van der Waals surface area contributed by atoms with Crippen molar-refractivity contribution in [2.45, 2.75) is 175 Å². The fraction of sp³-hybridized carbons (Fsp3) is 0.646. The maximum atomic E-state index is 14.6. The highest BCUT2D eigenvalue weighted by atomic mass is 16.8. The Morgan fingerprint density at radius 3 is 1.43 bits per heavy atom. The molecule has 2 aromatic rings. The van der Waals surface area contributed by atoms with E-state index in [0.29, 0.717) is 65.0 Å². The van der Waals surface area contributed by atoms with Gasteiger partial charge >= 0.3 is 5.97 Å². The number of fused-ring (bicyclic) bond motifs is 6. The molecule has 0 aliphatic carbocycles. The van der Waals surface area contributed by atoms with E-state index in [1.165, 1.54) is 39.3 Å². The number of benzene rings is 2. The summed E-state index contributed by atoms with van der Waals surface area (Å²) in [5.41, 5.74) is 5.32. The lowest BCUT2D eigenvalue weighted by Gasteiger charge is -2.41. The van der Waals surface area contributed by atoms with Crippen LogP contribution < -0.4 is 9.47 Å². The van der Waals surface area contributed by atoms with Crippen molar-refractivity contribution in [2.75, 3.05) is 101 Å². The number of carbonyl (C=O) groups is 3. The van der Waals surface area contributed by atoms with Gasteiger partial charge in [-0.2, -0.15) is 0 Å². The van der Waals surface area contributed by atoms with Crippen LogP contribution in [0.1, 0.15) is 163 Å². The lowest BCUT2D eigenvalue weighted by Crippen LogP contribution is -2.49. The summed E-state index contributed by atoms with van der Waals surface area (Å²) in [6.07, 6.45) is 13.4. The monoisotopic (exact) mass is 1260 g/mol. The predicted octanol–water partition coefficient (Wildman–Crippen LogP) is 8.21. The van der Waals surface area contributed by atoms with E-state index in [9.17, 15) is 34.8 Å². The van der Waals surface area contributed by atoms with Crippen molar-refractivity contribution in [1.29, 1.82) is 0 Å². The largest absolute Gasteiger partial charge is 0.508 e. The van der Waals surface area contributed by atoms with Crippen molar-refractivity contribution < 1.29 is 106 Å². The van der Waals surface area contributed by atoms with Crippen molar-refractivity contribution in [3.8, 4) is 23.0 Å². The van der Waals surface area contributed by atoms with Gasteiger partial charge in [-0.15, -0.1) is 0 Å². The molecule has 6 rings (SSSR count). The average Bonchev–Trinajstić information content (AvgIpc) is 1.74. The van der Waals surface area contributed by atoms with E-state index in [2.05, 4.69) is 65.8 Å². The quantitative estimate of drug-likeness (QED) is 0.0181. The molecular weight excluding hydrogens is 1160 g/mol. The molecular formula is C65H96N2O22. The van der Waals surface area contributed by atoms with Crippen LogP contribution in [-0.2, 0) is 87.6 Å². The van der Waals surface area contributed by atoms with E-state index in [1.54, 1.807) is 4.90 Å². The van der Waals surface area contributed by atoms with Crippen molar-refractivity contribution in [3.63, 3.8) is 0 Å². The van der Waals surface area contributed by atoms with Crippen LogP contribution in [0.4, 0.5) is 0 Å². The van der Waals surface area contributed by atoms with Crippen LogP contribution in [0.15, 0.2) is 58.7 Å². The van der Waals surface area contributed by atoms with Gasteiger partial charge in [-0.1, -0.05) is 46.6 Å². The SMILES string of the molecule is CC(C)=CCC/C(C)=C/CC[C@@]1(C)Oc2c(c(O)cc3c2CN(CCC[C@@H](C(=O)OCCOCOCOCOCOCOCOCOCOCOCOCCO)N2Cc4c(cc(O)c5c4O[C@](C)(CC/C=C(\C)CCC=C(C)C)[C@@H](O)C5)C2=O)C3=O)C[C@@H]1O. The summed E-state index contributed by atoms with van der Waals surface area (Å²) in [4.78, 5) is 46.1. The molecule has 2 amide bonds. The highest BCUT2D eigenvalue weighted by Crippen LogP contribution is 2.48. The third kappa shape index (κ3) is 22.1. The molecule has 498 valence electrons. The van der Waals surface area contributed by atoms with Crippen LogP contribution in [0.2, 0.25) is 0 Å². The molecule has 89 heavy (non-hydrogen) atoms. The van der Waals surface area contributed by atoms with Gasteiger partial charge in [0.05, 0.1) is 56.2 Å². The molecule has 4 aliphatic rings. The number of hydrogen-bond donors (Lipinski definition) is 5. The van der Waals surface area contributed by atoms with Crippen molar-refractivity contribution >= 4 is 17.8 Å². The summed E-state index contributed by atoms with van der Waals surface area (Å²) in [6, 6.07) is 1.64. The number of phenolic OH excluding ortho intramolecular Hbond substituents is 2. The maximum absolute atomic E-state index is 14.6. The third-order valence-electron chi connectivity index (χ3n) is 15.9. The molecule has 4 aliphatic heterocycles. The second kappa shape index (κ2) is 37.1. The molecule has 0 saturated carbocycles. The molecule has 0 aromatic heterocycles. The number of aromatic hydroxyl groups is 2. The predicted molar refractivity (Wildman–Crippen MR) is 323 cm³/mol. The number of carbonyl (C=O) groups excluding carboxylic acids is 3. The Bertz CT molecular complexity index is 2720. The van der Waals surface area contributed by atoms with E-state index in [-0.39, 0.29) is 163 Å². The molecule has 0 spiro atoms. The Hall–Kier alpha value is -5.55. The zero-order valence-corrected chi connectivity index (χ0v) is 53.3. The second-order valence-electron chi connectivity index (χ2n) is 23.6. The van der Waals surface area contributed by atoms with Gasteiger partial charge in [0.25, 0.3) is 11.8 Å². The normalized spacial score (nSPS) is 20.0. The minimum Gasteiger partial charge on any atom is -0.508 e. The number of ether oxygens (including phenoxy) is 14. The summed E-state index contributed by atoms with van der Waals surface area (Å²) in [5, 5.41) is 54.1. The molecule has 2 aromatic carbocycles. The number of aliphatic hydroxyl groups is 3. The van der Waals surface area contributed by atoms with E-state index < -0.39 is 41.3 Å². The number of allylic oxidation sites excluding steroid dienone is 8. The Kier molecular flexibility index (Phi) is 30.2.